The molecule has 1 aliphatic rings. The predicted molar refractivity (Wildman–Crippen MR) is 155 cm³/mol. The van der Waals surface area contributed by atoms with Crippen molar-refractivity contribution in [2.24, 2.45) is 0 Å². The number of sulfonamides is 1. The lowest BCUT2D eigenvalue weighted by atomic mass is 9.96. The number of nitrogens with zero attached hydrogens (tertiary/aromatic N) is 3. The third kappa shape index (κ3) is 4.84. The van der Waals surface area contributed by atoms with E-state index >= 15 is 0 Å². The molecule has 0 amide bonds. The van der Waals surface area contributed by atoms with Crippen LogP contribution in [0.1, 0.15) is 34.7 Å². The normalized spacial score (nSPS) is 17.4. The number of hydrogen-bond acceptors (Lipinski definition) is 5. The van der Waals surface area contributed by atoms with Gasteiger partial charge in [-0.1, -0.05) is 24.3 Å². The second kappa shape index (κ2) is 10.1. The number of para-hydroxylation sites is 1. The molecule has 38 heavy (non-hydrogen) atoms. The van der Waals surface area contributed by atoms with Crippen molar-refractivity contribution in [3.63, 3.8) is 0 Å². The van der Waals surface area contributed by atoms with E-state index in [4.69, 9.17) is 17.0 Å². The van der Waals surface area contributed by atoms with E-state index in [1.807, 2.05) is 42.5 Å². The van der Waals surface area contributed by atoms with Crippen LogP contribution in [0.2, 0.25) is 0 Å². The standard InChI is InChI=1S/C28H29N5O3S2/c1-18-16-22(19(2)32(18)20-10-6-5-7-11-20)27-26(24-12-8-9-15-29-24)30-28(37)33(27)21-13-14-23(25(17-21)36-3)31-38(4,34)35/h5-17,26-27,31H,1-4H3,(H,30,37)/t26-,27-/m0/s1. The van der Waals surface area contributed by atoms with Gasteiger partial charge in [-0.2, -0.15) is 0 Å². The van der Waals surface area contributed by atoms with Crippen LogP contribution in [-0.2, 0) is 10.0 Å². The second-order valence-corrected chi connectivity index (χ2v) is 11.4. The van der Waals surface area contributed by atoms with E-state index < -0.39 is 10.0 Å². The fourth-order valence-electron chi connectivity index (χ4n) is 5.12. The molecular formula is C28H29N5O3S2. The summed E-state index contributed by atoms with van der Waals surface area (Å²) in [5.74, 6) is 0.394. The molecule has 2 aromatic heterocycles. The van der Waals surface area contributed by atoms with Crippen molar-refractivity contribution in [2.45, 2.75) is 25.9 Å². The summed E-state index contributed by atoms with van der Waals surface area (Å²) in [6.07, 6.45) is 2.89. The number of ether oxygens (including phenoxy) is 1. The number of methoxy groups -OCH3 is 1. The molecule has 2 atom stereocenters. The van der Waals surface area contributed by atoms with Crippen LogP contribution in [-0.4, -0.2) is 36.4 Å². The van der Waals surface area contributed by atoms with Crippen LogP contribution >= 0.6 is 12.2 Å². The molecule has 1 aliphatic heterocycles. The lowest BCUT2D eigenvalue weighted by molar-refractivity contribution is 0.417. The zero-order valence-corrected chi connectivity index (χ0v) is 23.2. The van der Waals surface area contributed by atoms with Crippen molar-refractivity contribution >= 4 is 38.7 Å². The number of pyridine rings is 1. The Morgan fingerprint density at radius 1 is 1.00 bits per heavy atom. The molecule has 3 heterocycles. The number of hydrogen-bond donors (Lipinski definition) is 2. The highest BCUT2D eigenvalue weighted by atomic mass is 32.2. The molecule has 0 unspecified atom stereocenters. The molecular weight excluding hydrogens is 518 g/mol. The molecule has 0 radical (unpaired) electrons. The Kier molecular flexibility index (Phi) is 6.85. The highest BCUT2D eigenvalue weighted by Crippen LogP contribution is 2.45. The number of anilines is 2. The van der Waals surface area contributed by atoms with Crippen LogP contribution in [0.4, 0.5) is 11.4 Å². The Balaban J connectivity index is 1.66. The Morgan fingerprint density at radius 3 is 2.39 bits per heavy atom. The van der Waals surface area contributed by atoms with E-state index in [0.717, 1.165) is 40.3 Å². The summed E-state index contributed by atoms with van der Waals surface area (Å²) in [6.45, 7) is 4.21. The van der Waals surface area contributed by atoms with Crippen molar-refractivity contribution in [3.05, 3.63) is 102 Å². The lowest BCUT2D eigenvalue weighted by Gasteiger charge is -2.29. The van der Waals surface area contributed by atoms with Crippen LogP contribution < -0.4 is 19.7 Å². The molecule has 1 fully saturated rings. The van der Waals surface area contributed by atoms with Gasteiger partial charge in [0.1, 0.15) is 5.75 Å². The maximum atomic E-state index is 11.9. The first-order valence-corrected chi connectivity index (χ1v) is 14.4. The predicted octanol–water partition coefficient (Wildman–Crippen LogP) is 5.05. The van der Waals surface area contributed by atoms with Crippen LogP contribution in [0.25, 0.3) is 5.69 Å². The Labute approximate surface area is 228 Å². The van der Waals surface area contributed by atoms with Gasteiger partial charge in [-0.25, -0.2) is 8.42 Å². The molecule has 0 saturated carbocycles. The van der Waals surface area contributed by atoms with Crippen molar-refractivity contribution in [3.8, 4) is 11.4 Å². The number of aryl methyl sites for hydroxylation is 1. The maximum absolute atomic E-state index is 11.9. The van der Waals surface area contributed by atoms with Gasteiger partial charge in [0, 0.05) is 35.0 Å². The molecule has 5 rings (SSSR count). The number of nitrogens with one attached hydrogen (secondary N) is 2. The quantitative estimate of drug-likeness (QED) is 0.313. The third-order valence-corrected chi connectivity index (χ3v) is 7.57. The van der Waals surface area contributed by atoms with Gasteiger partial charge in [-0.15, -0.1) is 0 Å². The lowest BCUT2D eigenvalue weighted by Crippen LogP contribution is -2.29. The summed E-state index contributed by atoms with van der Waals surface area (Å²) in [6, 6.07) is 23.2. The highest BCUT2D eigenvalue weighted by Gasteiger charge is 2.42. The van der Waals surface area contributed by atoms with Gasteiger partial charge in [0.15, 0.2) is 5.11 Å². The summed E-state index contributed by atoms with van der Waals surface area (Å²) in [5.41, 5.74) is 6.38. The summed E-state index contributed by atoms with van der Waals surface area (Å²) >= 11 is 5.88. The highest BCUT2D eigenvalue weighted by molar-refractivity contribution is 7.92. The fourth-order valence-corrected chi connectivity index (χ4v) is 6.04. The van der Waals surface area contributed by atoms with Gasteiger partial charge in [-0.05, 0) is 74.1 Å². The van der Waals surface area contributed by atoms with E-state index in [2.05, 4.69) is 56.5 Å². The summed E-state index contributed by atoms with van der Waals surface area (Å²) in [7, 11) is -1.97. The first-order chi connectivity index (χ1) is 18.2. The topological polar surface area (TPSA) is 88.5 Å². The average Bonchev–Trinajstić information content (AvgIpc) is 3.39. The van der Waals surface area contributed by atoms with Crippen molar-refractivity contribution in [1.29, 1.82) is 0 Å². The number of aromatic nitrogens is 2. The molecule has 4 aromatic rings. The molecule has 0 spiro atoms. The van der Waals surface area contributed by atoms with E-state index in [9.17, 15) is 8.42 Å². The minimum atomic E-state index is -3.48. The second-order valence-electron chi connectivity index (χ2n) is 9.25. The van der Waals surface area contributed by atoms with Crippen LogP contribution in [0.15, 0.2) is 79.0 Å². The fraction of sp³-hybridized carbons (Fsp3) is 0.214. The Hall–Kier alpha value is -3.89. The zero-order chi connectivity index (χ0) is 27.0. The Bertz CT molecular complexity index is 1590. The van der Waals surface area contributed by atoms with E-state index in [-0.39, 0.29) is 12.1 Å². The SMILES string of the molecule is COc1cc(N2C(=S)N[C@@H](c3ccccn3)[C@@H]2c2cc(C)n(-c3ccccc3)c2C)ccc1NS(C)(=O)=O. The molecule has 10 heteroatoms. The first-order valence-electron chi connectivity index (χ1n) is 12.1. The molecule has 196 valence electrons. The molecule has 8 nitrogen and oxygen atoms in total. The van der Waals surface area contributed by atoms with Gasteiger partial charge in [0.2, 0.25) is 10.0 Å². The van der Waals surface area contributed by atoms with Gasteiger partial charge >= 0.3 is 0 Å². The molecule has 2 N–H and O–H groups in total. The van der Waals surface area contributed by atoms with E-state index in [0.29, 0.717) is 16.5 Å². The van der Waals surface area contributed by atoms with Gasteiger partial charge < -0.3 is 19.5 Å². The molecule has 2 aromatic carbocycles. The minimum Gasteiger partial charge on any atom is -0.494 e. The first kappa shape index (κ1) is 25.7. The monoisotopic (exact) mass is 547 g/mol. The molecule has 1 saturated heterocycles. The van der Waals surface area contributed by atoms with Gasteiger partial charge in [-0.3, -0.25) is 9.71 Å². The Morgan fingerprint density at radius 2 is 1.74 bits per heavy atom. The van der Waals surface area contributed by atoms with E-state index in [1.54, 1.807) is 18.3 Å². The summed E-state index contributed by atoms with van der Waals surface area (Å²) in [5, 5.41) is 4.03. The van der Waals surface area contributed by atoms with Crippen LogP contribution in [0, 0.1) is 13.8 Å². The van der Waals surface area contributed by atoms with E-state index in [1.165, 1.54) is 7.11 Å². The number of rotatable bonds is 7. The smallest absolute Gasteiger partial charge is 0.229 e. The molecule has 0 aliphatic carbocycles. The zero-order valence-electron chi connectivity index (χ0n) is 21.5. The third-order valence-electron chi connectivity index (χ3n) is 6.66. The average molecular weight is 548 g/mol. The molecule has 0 bridgehead atoms. The maximum Gasteiger partial charge on any atom is 0.229 e. The number of thiocarbonyl (C=S) groups is 1. The van der Waals surface area contributed by atoms with Crippen molar-refractivity contribution in [1.82, 2.24) is 14.9 Å². The van der Waals surface area contributed by atoms with Crippen molar-refractivity contribution < 1.29 is 13.2 Å². The largest absolute Gasteiger partial charge is 0.494 e. The summed E-state index contributed by atoms with van der Waals surface area (Å²) in [4.78, 5) is 6.70. The van der Waals surface area contributed by atoms with Crippen LogP contribution in [0.3, 0.4) is 0 Å². The number of benzene rings is 2. The minimum absolute atomic E-state index is 0.215. The summed E-state index contributed by atoms with van der Waals surface area (Å²) < 4.78 is 34.0. The van der Waals surface area contributed by atoms with Crippen molar-refractivity contribution in [2.75, 3.05) is 23.0 Å². The van der Waals surface area contributed by atoms with Gasteiger partial charge in [0.25, 0.3) is 0 Å². The van der Waals surface area contributed by atoms with Gasteiger partial charge in [0.05, 0.1) is 36.8 Å². The van der Waals surface area contributed by atoms with Crippen LogP contribution in [0.5, 0.6) is 5.75 Å².